The summed E-state index contributed by atoms with van der Waals surface area (Å²) in [4.78, 5) is 0. The van der Waals surface area contributed by atoms with Crippen LogP contribution in [-0.2, 0) is 12.7 Å². The van der Waals surface area contributed by atoms with Gasteiger partial charge in [0.2, 0.25) is 0 Å². The van der Waals surface area contributed by atoms with Crippen LogP contribution in [0.5, 0.6) is 0 Å². The molecule has 0 atom stereocenters. The largest absolute Gasteiger partial charge is 0.126 e. The second-order valence-corrected chi connectivity index (χ2v) is 2.98. The Bertz CT molecular complexity index is 205. The first-order valence-corrected chi connectivity index (χ1v) is 4.03. The van der Waals surface area contributed by atoms with E-state index in [1.807, 2.05) is 0 Å². The Hall–Kier alpha value is -0.715. The molecular weight excluding hydrogens is 119 g/mol. The van der Waals surface area contributed by atoms with Crippen molar-refractivity contribution >= 4 is 7.28 Å². The van der Waals surface area contributed by atoms with Gasteiger partial charge in [-0.05, 0) is 12.0 Å². The predicted molar refractivity (Wildman–Crippen MR) is 45.8 cm³/mol. The van der Waals surface area contributed by atoms with Crippen molar-refractivity contribution in [2.45, 2.75) is 19.1 Å². The maximum Gasteiger partial charge on any atom is 0.126 e. The summed E-state index contributed by atoms with van der Waals surface area (Å²) in [6, 6.07) is 8.80. The fraction of sp³-hybridized carbons (Fsp3) is 0.333. The number of hydrogen-bond acceptors (Lipinski definition) is 0. The Kier molecular flexibility index (Phi) is 1.50. The lowest BCUT2D eigenvalue weighted by Crippen LogP contribution is -2.08. The average Bonchev–Trinajstić information content (AvgIpc) is 2.05. The van der Waals surface area contributed by atoms with Gasteiger partial charge in [0.15, 0.2) is 0 Å². The van der Waals surface area contributed by atoms with E-state index >= 15 is 0 Å². The molecule has 0 fully saturated rings. The first-order valence-electron chi connectivity index (χ1n) is 4.03. The summed E-state index contributed by atoms with van der Waals surface area (Å²) in [5.41, 5.74) is 3.16. The number of aryl methyl sites for hydroxylation is 1. The molecule has 1 aliphatic heterocycles. The zero-order valence-corrected chi connectivity index (χ0v) is 6.14. The van der Waals surface area contributed by atoms with Gasteiger partial charge in [0.25, 0.3) is 0 Å². The van der Waals surface area contributed by atoms with Crippen LogP contribution in [0.15, 0.2) is 24.3 Å². The third-order valence-electron chi connectivity index (χ3n) is 2.26. The SMILES string of the molecule is B1CCc2ccccc2C1. The van der Waals surface area contributed by atoms with Gasteiger partial charge in [-0.2, -0.15) is 0 Å². The Labute approximate surface area is 62.5 Å². The molecule has 0 spiro atoms. The smallest absolute Gasteiger partial charge is 0.0731 e. The number of fused-ring (bicyclic) bond motifs is 1. The molecule has 50 valence electrons. The van der Waals surface area contributed by atoms with Crippen molar-refractivity contribution in [2.24, 2.45) is 0 Å². The number of hydrogen-bond donors (Lipinski definition) is 0. The molecule has 0 bridgehead atoms. The number of benzene rings is 1. The predicted octanol–water partition coefficient (Wildman–Crippen LogP) is 1.60. The monoisotopic (exact) mass is 130 g/mol. The summed E-state index contributed by atoms with van der Waals surface area (Å²) in [7, 11) is 1.39. The van der Waals surface area contributed by atoms with E-state index in [9.17, 15) is 0 Å². The standard InChI is InChI=1S/C9H11B/c1-2-4-9-7-10-6-5-8(9)3-1/h1-4,10H,5-7H2. The minimum atomic E-state index is 1.30. The molecule has 1 aromatic carbocycles. The van der Waals surface area contributed by atoms with Crippen molar-refractivity contribution in [1.82, 2.24) is 0 Å². The van der Waals surface area contributed by atoms with E-state index in [2.05, 4.69) is 24.3 Å². The molecule has 0 saturated carbocycles. The van der Waals surface area contributed by atoms with Crippen molar-refractivity contribution in [3.63, 3.8) is 0 Å². The van der Waals surface area contributed by atoms with Crippen LogP contribution in [0, 0.1) is 0 Å². The van der Waals surface area contributed by atoms with Crippen molar-refractivity contribution in [1.29, 1.82) is 0 Å². The zero-order chi connectivity index (χ0) is 6.81. The quantitative estimate of drug-likeness (QED) is 0.468. The fourth-order valence-corrected chi connectivity index (χ4v) is 1.68. The van der Waals surface area contributed by atoms with Gasteiger partial charge in [-0.25, -0.2) is 0 Å². The Morgan fingerprint density at radius 3 is 2.70 bits per heavy atom. The topological polar surface area (TPSA) is 0 Å². The minimum Gasteiger partial charge on any atom is -0.0731 e. The fourth-order valence-electron chi connectivity index (χ4n) is 1.68. The van der Waals surface area contributed by atoms with Crippen LogP contribution < -0.4 is 0 Å². The van der Waals surface area contributed by atoms with Gasteiger partial charge in [0.05, 0.1) is 0 Å². The van der Waals surface area contributed by atoms with Gasteiger partial charge in [0.1, 0.15) is 7.28 Å². The molecule has 2 rings (SSSR count). The van der Waals surface area contributed by atoms with E-state index in [4.69, 9.17) is 0 Å². The Balaban J connectivity index is 2.41. The third-order valence-corrected chi connectivity index (χ3v) is 2.26. The lowest BCUT2D eigenvalue weighted by Gasteiger charge is -2.12. The first kappa shape index (κ1) is 6.02. The average molecular weight is 130 g/mol. The third kappa shape index (κ3) is 0.963. The summed E-state index contributed by atoms with van der Waals surface area (Å²) in [5, 5.41) is 0. The highest BCUT2D eigenvalue weighted by Crippen LogP contribution is 2.16. The van der Waals surface area contributed by atoms with E-state index < -0.39 is 0 Å². The Morgan fingerprint density at radius 2 is 1.90 bits per heavy atom. The maximum atomic E-state index is 2.26. The van der Waals surface area contributed by atoms with Crippen LogP contribution in [-0.4, -0.2) is 7.28 Å². The van der Waals surface area contributed by atoms with E-state index in [-0.39, 0.29) is 0 Å². The molecule has 1 aliphatic rings. The van der Waals surface area contributed by atoms with E-state index in [0.29, 0.717) is 0 Å². The van der Waals surface area contributed by atoms with Crippen LogP contribution >= 0.6 is 0 Å². The highest BCUT2D eigenvalue weighted by Gasteiger charge is 2.07. The Morgan fingerprint density at radius 1 is 1.10 bits per heavy atom. The highest BCUT2D eigenvalue weighted by molar-refractivity contribution is 6.35. The normalized spacial score (nSPS) is 15.6. The van der Waals surface area contributed by atoms with E-state index in [0.717, 1.165) is 0 Å². The lowest BCUT2D eigenvalue weighted by molar-refractivity contribution is 1.04. The van der Waals surface area contributed by atoms with Gasteiger partial charge in [-0.15, -0.1) is 0 Å². The minimum absolute atomic E-state index is 1.30. The summed E-state index contributed by atoms with van der Waals surface area (Å²) in [6.07, 6.45) is 3.99. The van der Waals surface area contributed by atoms with Gasteiger partial charge in [-0.3, -0.25) is 0 Å². The molecule has 1 heteroatoms. The molecule has 1 aromatic rings. The molecule has 0 amide bonds. The summed E-state index contributed by atoms with van der Waals surface area (Å²) < 4.78 is 0. The second kappa shape index (κ2) is 2.49. The van der Waals surface area contributed by atoms with Crippen molar-refractivity contribution in [2.75, 3.05) is 0 Å². The van der Waals surface area contributed by atoms with Crippen molar-refractivity contribution < 1.29 is 0 Å². The van der Waals surface area contributed by atoms with Crippen molar-refractivity contribution in [3.8, 4) is 0 Å². The molecule has 10 heavy (non-hydrogen) atoms. The first-order chi connectivity index (χ1) is 4.97. The molecule has 0 unspecified atom stereocenters. The number of rotatable bonds is 0. The molecule has 0 nitrogen and oxygen atoms in total. The summed E-state index contributed by atoms with van der Waals surface area (Å²) in [5.74, 6) is 0. The van der Waals surface area contributed by atoms with Crippen LogP contribution in [0.3, 0.4) is 0 Å². The molecule has 0 aliphatic carbocycles. The van der Waals surface area contributed by atoms with Gasteiger partial charge in [-0.1, -0.05) is 42.5 Å². The molecule has 0 radical (unpaired) electrons. The van der Waals surface area contributed by atoms with Gasteiger partial charge in [0, 0.05) is 0 Å². The molecule has 1 heterocycles. The summed E-state index contributed by atoms with van der Waals surface area (Å²) in [6.45, 7) is 0. The van der Waals surface area contributed by atoms with Gasteiger partial charge >= 0.3 is 0 Å². The molecule has 0 aromatic heterocycles. The maximum absolute atomic E-state index is 2.26. The lowest BCUT2D eigenvalue weighted by atomic mass is 9.62. The van der Waals surface area contributed by atoms with Crippen LogP contribution in [0.25, 0.3) is 0 Å². The van der Waals surface area contributed by atoms with Crippen LogP contribution in [0.4, 0.5) is 0 Å². The second-order valence-electron chi connectivity index (χ2n) is 2.98. The van der Waals surface area contributed by atoms with Crippen molar-refractivity contribution in [3.05, 3.63) is 35.4 Å². The van der Waals surface area contributed by atoms with Crippen LogP contribution in [0.2, 0.25) is 6.32 Å². The molecule has 0 N–H and O–H groups in total. The van der Waals surface area contributed by atoms with Crippen LogP contribution in [0.1, 0.15) is 11.1 Å². The zero-order valence-electron chi connectivity index (χ0n) is 6.14. The van der Waals surface area contributed by atoms with E-state index in [1.165, 1.54) is 26.3 Å². The highest BCUT2D eigenvalue weighted by atomic mass is 14.0. The molecule has 0 saturated heterocycles. The van der Waals surface area contributed by atoms with E-state index in [1.54, 1.807) is 11.1 Å². The van der Waals surface area contributed by atoms with Gasteiger partial charge < -0.3 is 0 Å². The molecular formula is C9H11B. The summed E-state index contributed by atoms with van der Waals surface area (Å²) >= 11 is 0.